The van der Waals surface area contributed by atoms with Crippen LogP contribution in [0.4, 0.5) is 0 Å². The van der Waals surface area contributed by atoms with Crippen molar-refractivity contribution in [2.75, 3.05) is 0 Å². The molecule has 8 heteroatoms. The van der Waals surface area contributed by atoms with Crippen LogP contribution in [-0.4, -0.2) is 19.6 Å². The van der Waals surface area contributed by atoms with E-state index in [0.717, 1.165) is 4.68 Å². The zero-order valence-corrected chi connectivity index (χ0v) is 12.6. The number of aromatic nitrogens is 4. The van der Waals surface area contributed by atoms with E-state index in [1.54, 1.807) is 36.7 Å². The Morgan fingerprint density at radius 3 is 2.33 bits per heavy atom. The molecule has 1 aromatic carbocycles. The minimum absolute atomic E-state index is 0.00444. The maximum atomic E-state index is 12.3. The maximum absolute atomic E-state index is 12.3. The SMILES string of the molecule is O=c1c(Cl)c(-n2cccn2)cnn1-c1cc(Cl)cc(Cl)c1. The van der Waals surface area contributed by atoms with Crippen LogP contribution in [0.1, 0.15) is 0 Å². The zero-order valence-electron chi connectivity index (χ0n) is 10.4. The smallest absolute Gasteiger partial charge is 0.266 e. The van der Waals surface area contributed by atoms with E-state index in [1.807, 2.05) is 0 Å². The molecular formula is C13H7Cl3N4O. The van der Waals surface area contributed by atoms with Crippen molar-refractivity contribution < 1.29 is 0 Å². The van der Waals surface area contributed by atoms with E-state index in [0.29, 0.717) is 21.4 Å². The van der Waals surface area contributed by atoms with Crippen molar-refractivity contribution in [3.63, 3.8) is 0 Å². The average molecular weight is 342 g/mol. The molecular weight excluding hydrogens is 335 g/mol. The molecule has 0 spiro atoms. The summed E-state index contributed by atoms with van der Waals surface area (Å²) < 4.78 is 2.60. The van der Waals surface area contributed by atoms with Gasteiger partial charge in [0.2, 0.25) is 0 Å². The van der Waals surface area contributed by atoms with Gasteiger partial charge in [0, 0.05) is 22.4 Å². The maximum Gasteiger partial charge on any atom is 0.292 e. The Kier molecular flexibility index (Phi) is 3.71. The van der Waals surface area contributed by atoms with Crippen molar-refractivity contribution in [3.05, 3.63) is 68.3 Å². The minimum atomic E-state index is -0.483. The standard InChI is InChI=1S/C13H7Cl3N4O/c14-8-4-9(15)6-10(5-8)20-13(21)12(16)11(7-18-20)19-3-1-2-17-19/h1-7H. The summed E-state index contributed by atoms with van der Waals surface area (Å²) >= 11 is 18.0. The Balaban J connectivity index is 2.18. The molecule has 21 heavy (non-hydrogen) atoms. The largest absolute Gasteiger partial charge is 0.292 e. The van der Waals surface area contributed by atoms with Crippen LogP contribution in [-0.2, 0) is 0 Å². The first-order valence-corrected chi connectivity index (χ1v) is 6.94. The Bertz CT molecular complexity index is 838. The number of halogens is 3. The van der Waals surface area contributed by atoms with Crippen molar-refractivity contribution in [1.82, 2.24) is 19.6 Å². The summed E-state index contributed by atoms with van der Waals surface area (Å²) in [5.41, 5.74) is 0.352. The van der Waals surface area contributed by atoms with E-state index in [9.17, 15) is 4.79 Å². The second-order valence-corrected chi connectivity index (χ2v) is 5.39. The van der Waals surface area contributed by atoms with Gasteiger partial charge in [-0.2, -0.15) is 14.9 Å². The molecule has 0 fully saturated rings. The predicted molar refractivity (Wildman–Crippen MR) is 82.0 cm³/mol. The van der Waals surface area contributed by atoms with Crippen LogP contribution >= 0.6 is 34.8 Å². The Morgan fingerprint density at radius 1 is 1.00 bits per heavy atom. The fraction of sp³-hybridized carbons (Fsp3) is 0. The van der Waals surface area contributed by atoms with E-state index in [2.05, 4.69) is 10.2 Å². The van der Waals surface area contributed by atoms with Crippen LogP contribution < -0.4 is 5.56 Å². The monoisotopic (exact) mass is 340 g/mol. The van der Waals surface area contributed by atoms with Gasteiger partial charge in [0.1, 0.15) is 10.7 Å². The fourth-order valence-electron chi connectivity index (χ4n) is 1.84. The van der Waals surface area contributed by atoms with Crippen LogP contribution in [0.5, 0.6) is 0 Å². The molecule has 2 heterocycles. The molecule has 2 aromatic heterocycles. The lowest BCUT2D eigenvalue weighted by atomic mass is 10.3. The molecule has 0 N–H and O–H groups in total. The summed E-state index contributed by atoms with van der Waals surface area (Å²) in [6.45, 7) is 0. The molecule has 3 rings (SSSR count). The van der Waals surface area contributed by atoms with E-state index in [4.69, 9.17) is 34.8 Å². The molecule has 0 amide bonds. The quantitative estimate of drug-likeness (QED) is 0.718. The Hall–Kier alpha value is -1.82. The topological polar surface area (TPSA) is 52.7 Å². The lowest BCUT2D eigenvalue weighted by Gasteiger charge is -2.09. The van der Waals surface area contributed by atoms with Crippen LogP contribution in [0.2, 0.25) is 15.1 Å². The molecule has 0 saturated carbocycles. The Labute approximate surface area is 134 Å². The van der Waals surface area contributed by atoms with Crippen LogP contribution in [0, 0.1) is 0 Å². The highest BCUT2D eigenvalue weighted by atomic mass is 35.5. The molecule has 106 valence electrons. The number of nitrogens with zero attached hydrogens (tertiary/aromatic N) is 4. The normalized spacial score (nSPS) is 10.8. The van der Waals surface area contributed by atoms with E-state index in [1.165, 1.54) is 10.9 Å². The fourth-order valence-corrected chi connectivity index (χ4v) is 2.57. The highest BCUT2D eigenvalue weighted by molar-refractivity contribution is 6.35. The van der Waals surface area contributed by atoms with Crippen LogP contribution in [0.25, 0.3) is 11.4 Å². The summed E-state index contributed by atoms with van der Waals surface area (Å²) in [6.07, 6.45) is 4.70. The molecule has 0 radical (unpaired) electrons. The van der Waals surface area contributed by atoms with Gasteiger partial charge in [-0.3, -0.25) is 4.79 Å². The van der Waals surface area contributed by atoms with Gasteiger partial charge >= 0.3 is 0 Å². The van der Waals surface area contributed by atoms with Crippen molar-refractivity contribution in [1.29, 1.82) is 0 Å². The van der Waals surface area contributed by atoms with E-state index < -0.39 is 5.56 Å². The van der Waals surface area contributed by atoms with Gasteiger partial charge in [-0.1, -0.05) is 34.8 Å². The minimum Gasteiger partial charge on any atom is -0.266 e. The highest BCUT2D eigenvalue weighted by Gasteiger charge is 2.13. The number of hydrogen-bond acceptors (Lipinski definition) is 3. The third kappa shape index (κ3) is 2.68. The number of hydrogen-bond donors (Lipinski definition) is 0. The highest BCUT2D eigenvalue weighted by Crippen LogP contribution is 2.21. The van der Waals surface area contributed by atoms with Gasteiger partial charge in [-0.05, 0) is 24.3 Å². The van der Waals surface area contributed by atoms with Crippen molar-refractivity contribution in [3.8, 4) is 11.4 Å². The second-order valence-electron chi connectivity index (χ2n) is 4.14. The van der Waals surface area contributed by atoms with Gasteiger partial charge in [0.15, 0.2) is 0 Å². The third-order valence-corrected chi connectivity index (χ3v) is 3.54. The molecule has 0 aliphatic rings. The lowest BCUT2D eigenvalue weighted by Crippen LogP contribution is -2.23. The van der Waals surface area contributed by atoms with E-state index in [-0.39, 0.29) is 5.02 Å². The molecule has 0 saturated heterocycles. The molecule has 0 aliphatic carbocycles. The zero-order chi connectivity index (χ0) is 15.0. The van der Waals surface area contributed by atoms with Gasteiger partial charge < -0.3 is 0 Å². The van der Waals surface area contributed by atoms with Gasteiger partial charge in [0.05, 0.1) is 11.9 Å². The molecule has 0 atom stereocenters. The summed E-state index contributed by atoms with van der Waals surface area (Å²) in [7, 11) is 0. The van der Waals surface area contributed by atoms with Gasteiger partial charge in [0.25, 0.3) is 5.56 Å². The first-order chi connectivity index (χ1) is 10.1. The average Bonchev–Trinajstić information content (AvgIpc) is 2.94. The molecule has 0 unspecified atom stereocenters. The van der Waals surface area contributed by atoms with Crippen LogP contribution in [0.3, 0.4) is 0 Å². The first kappa shape index (κ1) is 14.1. The van der Waals surface area contributed by atoms with Crippen molar-refractivity contribution in [2.45, 2.75) is 0 Å². The molecule has 0 bridgehead atoms. The Morgan fingerprint density at radius 2 is 1.71 bits per heavy atom. The molecule has 3 aromatic rings. The second kappa shape index (κ2) is 5.52. The van der Waals surface area contributed by atoms with E-state index >= 15 is 0 Å². The predicted octanol–water partition coefficient (Wildman–Crippen LogP) is 3.38. The number of rotatable bonds is 2. The summed E-state index contributed by atoms with van der Waals surface area (Å²) in [5.74, 6) is 0. The number of benzene rings is 1. The molecule has 0 aliphatic heterocycles. The first-order valence-electron chi connectivity index (χ1n) is 5.80. The molecule has 5 nitrogen and oxygen atoms in total. The lowest BCUT2D eigenvalue weighted by molar-refractivity contribution is 0.779. The van der Waals surface area contributed by atoms with Crippen molar-refractivity contribution >= 4 is 34.8 Å². The third-order valence-electron chi connectivity index (χ3n) is 2.74. The van der Waals surface area contributed by atoms with Crippen LogP contribution in [0.15, 0.2) is 47.7 Å². The van der Waals surface area contributed by atoms with Crippen molar-refractivity contribution in [2.24, 2.45) is 0 Å². The summed E-state index contributed by atoms with van der Waals surface area (Å²) in [4.78, 5) is 12.3. The summed E-state index contributed by atoms with van der Waals surface area (Å²) in [6, 6.07) is 6.44. The summed E-state index contributed by atoms with van der Waals surface area (Å²) in [5, 5.41) is 8.92. The van der Waals surface area contributed by atoms with Gasteiger partial charge in [-0.25, -0.2) is 4.68 Å². The van der Waals surface area contributed by atoms with Gasteiger partial charge in [-0.15, -0.1) is 0 Å².